The highest BCUT2D eigenvalue weighted by molar-refractivity contribution is 6.30. The molecule has 6 heteroatoms. The van der Waals surface area contributed by atoms with Crippen LogP contribution in [0, 0.1) is 0 Å². The number of hydrogen-bond acceptors (Lipinski definition) is 4. The lowest BCUT2D eigenvalue weighted by atomic mass is 10.0. The summed E-state index contributed by atoms with van der Waals surface area (Å²) in [6.07, 6.45) is 1.42. The highest BCUT2D eigenvalue weighted by Crippen LogP contribution is 2.25. The number of halogens is 1. The molecule has 5 nitrogen and oxygen atoms in total. The zero-order chi connectivity index (χ0) is 19.4. The molecule has 27 heavy (non-hydrogen) atoms. The molecule has 1 amide bonds. The van der Waals surface area contributed by atoms with Crippen molar-refractivity contribution in [1.29, 1.82) is 0 Å². The molecular weight excluding hydrogens is 364 g/mol. The molecule has 0 saturated carbocycles. The first-order chi connectivity index (χ1) is 12.9. The molecule has 2 N–H and O–H groups in total. The second kappa shape index (κ2) is 7.68. The van der Waals surface area contributed by atoms with Crippen LogP contribution >= 0.6 is 11.6 Å². The first-order valence-corrected chi connectivity index (χ1v) is 8.73. The molecule has 0 radical (unpaired) electrons. The number of hydrazone groups is 1. The van der Waals surface area contributed by atoms with E-state index < -0.39 is 11.5 Å². The Morgan fingerprint density at radius 1 is 1.11 bits per heavy atom. The van der Waals surface area contributed by atoms with Crippen molar-refractivity contribution in [3.05, 3.63) is 71.2 Å². The van der Waals surface area contributed by atoms with Gasteiger partial charge in [-0.25, -0.2) is 5.43 Å². The third-order valence-corrected chi connectivity index (χ3v) is 4.29. The van der Waals surface area contributed by atoms with Crippen LogP contribution in [0.3, 0.4) is 0 Å². The van der Waals surface area contributed by atoms with E-state index in [4.69, 9.17) is 16.3 Å². The quantitative estimate of drug-likeness (QED) is 0.504. The summed E-state index contributed by atoms with van der Waals surface area (Å²) in [6, 6.07) is 17.8. The standard InChI is InChI=1S/C21H19ClN2O3/c1-21(2,27-16-10-8-15(22)9-11-16)20(26)24-23-13-18-17-6-4-3-5-14(17)7-12-19(18)25/h3-13,25H,1-2H3,(H,24,26)/b23-13+. The lowest BCUT2D eigenvalue weighted by Gasteiger charge is -2.24. The van der Waals surface area contributed by atoms with Gasteiger partial charge in [0.2, 0.25) is 0 Å². The summed E-state index contributed by atoms with van der Waals surface area (Å²) in [5.41, 5.74) is 1.85. The maximum Gasteiger partial charge on any atom is 0.283 e. The third kappa shape index (κ3) is 4.38. The van der Waals surface area contributed by atoms with E-state index in [-0.39, 0.29) is 5.75 Å². The number of aromatic hydroxyl groups is 1. The van der Waals surface area contributed by atoms with Gasteiger partial charge in [0.05, 0.1) is 6.21 Å². The summed E-state index contributed by atoms with van der Waals surface area (Å²) in [6.45, 7) is 3.28. The molecule has 0 atom stereocenters. The number of hydrogen-bond donors (Lipinski definition) is 2. The fourth-order valence-corrected chi connectivity index (χ4v) is 2.68. The van der Waals surface area contributed by atoms with Crippen LogP contribution in [-0.2, 0) is 4.79 Å². The summed E-state index contributed by atoms with van der Waals surface area (Å²) in [5.74, 6) is 0.187. The maximum atomic E-state index is 12.4. The van der Waals surface area contributed by atoms with E-state index in [0.29, 0.717) is 16.3 Å². The first kappa shape index (κ1) is 18.7. The van der Waals surface area contributed by atoms with Crippen molar-refractivity contribution < 1.29 is 14.6 Å². The van der Waals surface area contributed by atoms with Gasteiger partial charge >= 0.3 is 0 Å². The largest absolute Gasteiger partial charge is 0.507 e. The zero-order valence-corrected chi connectivity index (χ0v) is 15.7. The van der Waals surface area contributed by atoms with E-state index in [1.807, 2.05) is 30.3 Å². The smallest absolute Gasteiger partial charge is 0.283 e. The first-order valence-electron chi connectivity index (χ1n) is 8.35. The molecule has 3 rings (SSSR count). The summed E-state index contributed by atoms with van der Waals surface area (Å²) >= 11 is 5.85. The van der Waals surface area contributed by atoms with Crippen molar-refractivity contribution in [2.75, 3.05) is 0 Å². The molecule has 3 aromatic carbocycles. The van der Waals surface area contributed by atoms with Gasteiger partial charge in [-0.3, -0.25) is 4.79 Å². The Labute approximate surface area is 162 Å². The zero-order valence-electron chi connectivity index (χ0n) is 14.9. The molecule has 138 valence electrons. The minimum atomic E-state index is -1.15. The minimum absolute atomic E-state index is 0.0865. The van der Waals surface area contributed by atoms with Gasteiger partial charge in [-0.1, -0.05) is 41.9 Å². The fourth-order valence-electron chi connectivity index (χ4n) is 2.55. The number of phenols is 1. The van der Waals surface area contributed by atoms with Crippen LogP contribution in [0.4, 0.5) is 0 Å². The van der Waals surface area contributed by atoms with E-state index in [0.717, 1.165) is 10.8 Å². The Kier molecular flexibility index (Phi) is 5.33. The van der Waals surface area contributed by atoms with Gasteiger partial charge in [-0.05, 0) is 55.0 Å². The highest BCUT2D eigenvalue weighted by atomic mass is 35.5. The summed E-state index contributed by atoms with van der Waals surface area (Å²) < 4.78 is 5.72. The number of amides is 1. The number of fused-ring (bicyclic) bond motifs is 1. The number of nitrogens with zero attached hydrogens (tertiary/aromatic N) is 1. The average Bonchev–Trinajstić information content (AvgIpc) is 2.65. The van der Waals surface area contributed by atoms with Crippen LogP contribution in [0.5, 0.6) is 11.5 Å². The summed E-state index contributed by atoms with van der Waals surface area (Å²) in [7, 11) is 0. The van der Waals surface area contributed by atoms with Crippen molar-refractivity contribution >= 4 is 34.5 Å². The van der Waals surface area contributed by atoms with Gasteiger partial charge in [0.15, 0.2) is 5.60 Å². The SMILES string of the molecule is CC(C)(Oc1ccc(Cl)cc1)C(=O)N/N=C/c1c(O)ccc2ccccc12. The molecule has 0 aliphatic carbocycles. The Balaban J connectivity index is 1.73. The van der Waals surface area contributed by atoms with Gasteiger partial charge in [0, 0.05) is 10.6 Å². The maximum absolute atomic E-state index is 12.4. The second-order valence-corrected chi connectivity index (χ2v) is 6.92. The normalized spacial score (nSPS) is 11.7. The van der Waals surface area contributed by atoms with Crippen molar-refractivity contribution in [3.63, 3.8) is 0 Å². The van der Waals surface area contributed by atoms with Crippen LogP contribution in [0.25, 0.3) is 10.8 Å². The molecule has 0 unspecified atom stereocenters. The molecule has 0 aromatic heterocycles. The van der Waals surface area contributed by atoms with Crippen LogP contribution < -0.4 is 10.2 Å². The van der Waals surface area contributed by atoms with E-state index in [1.165, 1.54) is 6.21 Å². The highest BCUT2D eigenvalue weighted by Gasteiger charge is 2.29. The molecule has 0 heterocycles. The van der Waals surface area contributed by atoms with Crippen LogP contribution in [0.1, 0.15) is 19.4 Å². The van der Waals surface area contributed by atoms with Gasteiger partial charge in [0.25, 0.3) is 5.91 Å². The van der Waals surface area contributed by atoms with Gasteiger partial charge in [-0.2, -0.15) is 5.10 Å². The van der Waals surface area contributed by atoms with Gasteiger partial charge in [-0.15, -0.1) is 0 Å². The van der Waals surface area contributed by atoms with Gasteiger partial charge in [0.1, 0.15) is 11.5 Å². The minimum Gasteiger partial charge on any atom is -0.507 e. The molecule has 0 aliphatic heterocycles. The van der Waals surface area contributed by atoms with Crippen molar-refractivity contribution in [2.24, 2.45) is 5.10 Å². The van der Waals surface area contributed by atoms with Crippen molar-refractivity contribution in [3.8, 4) is 11.5 Å². The Hall–Kier alpha value is -3.05. The summed E-state index contributed by atoms with van der Waals surface area (Å²) in [4.78, 5) is 12.4. The molecule has 0 spiro atoms. The second-order valence-electron chi connectivity index (χ2n) is 6.48. The van der Waals surface area contributed by atoms with Crippen LogP contribution in [-0.4, -0.2) is 22.8 Å². The number of carbonyl (C=O) groups excluding carboxylic acids is 1. The predicted molar refractivity (Wildman–Crippen MR) is 108 cm³/mol. The van der Waals surface area contributed by atoms with E-state index in [9.17, 15) is 9.90 Å². The number of rotatable bonds is 5. The van der Waals surface area contributed by atoms with Crippen molar-refractivity contribution in [2.45, 2.75) is 19.4 Å². The monoisotopic (exact) mass is 382 g/mol. The molecule has 0 saturated heterocycles. The van der Waals surface area contributed by atoms with Crippen molar-refractivity contribution in [1.82, 2.24) is 5.43 Å². The summed E-state index contributed by atoms with van der Waals surface area (Å²) in [5, 5.41) is 16.5. The number of phenolic OH excluding ortho intramolecular Hbond substituents is 1. The number of benzene rings is 3. The molecule has 3 aromatic rings. The Bertz CT molecular complexity index is 998. The third-order valence-electron chi connectivity index (χ3n) is 4.04. The predicted octanol–water partition coefficient (Wildman–Crippen LogP) is 4.51. The number of ether oxygens (including phenoxy) is 1. The van der Waals surface area contributed by atoms with E-state index in [2.05, 4.69) is 10.5 Å². The van der Waals surface area contributed by atoms with Crippen LogP contribution in [0.15, 0.2) is 65.8 Å². The lowest BCUT2D eigenvalue weighted by molar-refractivity contribution is -0.134. The molecular formula is C21H19ClN2O3. The molecule has 0 aliphatic rings. The van der Waals surface area contributed by atoms with E-state index >= 15 is 0 Å². The molecule has 0 bridgehead atoms. The molecule has 0 fully saturated rings. The topological polar surface area (TPSA) is 70.9 Å². The van der Waals surface area contributed by atoms with E-state index in [1.54, 1.807) is 44.2 Å². The number of carbonyl (C=O) groups is 1. The average molecular weight is 383 g/mol. The fraction of sp³-hybridized carbons (Fsp3) is 0.143. The Morgan fingerprint density at radius 2 is 1.81 bits per heavy atom. The number of nitrogens with one attached hydrogen (secondary N) is 1. The Morgan fingerprint density at radius 3 is 2.56 bits per heavy atom. The lowest BCUT2D eigenvalue weighted by Crippen LogP contribution is -2.44. The van der Waals surface area contributed by atoms with Crippen LogP contribution in [0.2, 0.25) is 5.02 Å². The van der Waals surface area contributed by atoms with Gasteiger partial charge < -0.3 is 9.84 Å².